The minimum atomic E-state index is -0.817. The average molecular weight is 200 g/mol. The molecule has 0 saturated heterocycles. The fourth-order valence-corrected chi connectivity index (χ4v) is 0.799. The number of esters is 1. The zero-order valence-corrected chi connectivity index (χ0v) is 8.78. The van der Waals surface area contributed by atoms with Gasteiger partial charge < -0.3 is 9.47 Å². The van der Waals surface area contributed by atoms with Crippen LogP contribution in [0.15, 0.2) is 12.7 Å². The molecule has 0 N–H and O–H groups in total. The molecular weight excluding hydrogens is 184 g/mol. The Hall–Kier alpha value is -1.16. The molecule has 0 aromatic rings. The van der Waals surface area contributed by atoms with Crippen LogP contribution < -0.4 is 0 Å². The predicted molar refractivity (Wildman–Crippen MR) is 51.5 cm³/mol. The Labute approximate surface area is 83.9 Å². The molecule has 0 spiro atoms. The molecule has 2 atom stereocenters. The highest BCUT2D eigenvalue weighted by atomic mass is 16.7. The van der Waals surface area contributed by atoms with Crippen molar-refractivity contribution >= 4 is 11.8 Å². The van der Waals surface area contributed by atoms with Crippen molar-refractivity contribution in [3.63, 3.8) is 0 Å². The highest BCUT2D eigenvalue weighted by Gasteiger charge is 2.24. The molecule has 2 unspecified atom stereocenters. The van der Waals surface area contributed by atoms with Crippen LogP contribution in [0.3, 0.4) is 0 Å². The first-order valence-corrected chi connectivity index (χ1v) is 4.39. The second kappa shape index (κ2) is 6.32. The molecule has 4 nitrogen and oxygen atoms in total. The number of carbonyl (C=O) groups is 2. The smallest absolute Gasteiger partial charge is 0.304 e. The summed E-state index contributed by atoms with van der Waals surface area (Å²) >= 11 is 0. The van der Waals surface area contributed by atoms with Crippen LogP contribution in [0.4, 0.5) is 0 Å². The van der Waals surface area contributed by atoms with E-state index >= 15 is 0 Å². The number of hydrogen-bond donors (Lipinski definition) is 0. The molecule has 0 aromatic carbocycles. The minimum Gasteiger partial charge on any atom is -0.435 e. The summed E-state index contributed by atoms with van der Waals surface area (Å²) in [7, 11) is 0. The van der Waals surface area contributed by atoms with Gasteiger partial charge in [0.1, 0.15) is 5.78 Å². The Balaban J connectivity index is 4.28. The Kier molecular flexibility index (Phi) is 5.79. The van der Waals surface area contributed by atoms with Crippen molar-refractivity contribution in [1.29, 1.82) is 0 Å². The fraction of sp³-hybridized carbons (Fsp3) is 0.600. The van der Waals surface area contributed by atoms with Crippen LogP contribution in [-0.2, 0) is 19.1 Å². The normalized spacial score (nSPS) is 14.2. The monoisotopic (exact) mass is 200 g/mol. The van der Waals surface area contributed by atoms with E-state index in [0.717, 1.165) is 0 Å². The van der Waals surface area contributed by atoms with Gasteiger partial charge in [0.2, 0.25) is 6.29 Å². The topological polar surface area (TPSA) is 52.6 Å². The van der Waals surface area contributed by atoms with Gasteiger partial charge in [0, 0.05) is 6.92 Å². The van der Waals surface area contributed by atoms with Crippen LogP contribution in [0.2, 0.25) is 0 Å². The molecular formula is C10H16O4. The SMILES string of the molecule is C=CCOC(OC(C)=O)C(C)C(C)=O. The minimum absolute atomic E-state index is 0.0830. The molecule has 0 rings (SSSR count). The molecule has 0 heterocycles. The van der Waals surface area contributed by atoms with Gasteiger partial charge in [0.05, 0.1) is 12.5 Å². The van der Waals surface area contributed by atoms with E-state index in [4.69, 9.17) is 9.47 Å². The van der Waals surface area contributed by atoms with Gasteiger partial charge in [0.25, 0.3) is 0 Å². The molecule has 14 heavy (non-hydrogen) atoms. The van der Waals surface area contributed by atoms with Crippen molar-refractivity contribution in [1.82, 2.24) is 0 Å². The number of Topliss-reactive ketones (excluding diaryl/α,β-unsaturated/α-hetero) is 1. The fourth-order valence-electron chi connectivity index (χ4n) is 0.799. The molecule has 0 aliphatic rings. The van der Waals surface area contributed by atoms with Gasteiger partial charge in [-0.05, 0) is 13.8 Å². The van der Waals surface area contributed by atoms with Crippen LogP contribution in [0.1, 0.15) is 20.8 Å². The third-order valence-corrected chi connectivity index (χ3v) is 1.71. The summed E-state index contributed by atoms with van der Waals surface area (Å²) in [6, 6.07) is 0. The van der Waals surface area contributed by atoms with Gasteiger partial charge in [-0.25, -0.2) is 0 Å². The van der Waals surface area contributed by atoms with Gasteiger partial charge >= 0.3 is 5.97 Å². The Morgan fingerprint density at radius 2 is 2.00 bits per heavy atom. The molecule has 0 aliphatic heterocycles. The maximum Gasteiger partial charge on any atom is 0.304 e. The van der Waals surface area contributed by atoms with Crippen molar-refractivity contribution < 1.29 is 19.1 Å². The first-order valence-electron chi connectivity index (χ1n) is 4.39. The Bertz CT molecular complexity index is 222. The molecule has 0 saturated carbocycles. The summed E-state index contributed by atoms with van der Waals surface area (Å²) in [6.07, 6.45) is 0.714. The summed E-state index contributed by atoms with van der Waals surface area (Å²) in [5.41, 5.74) is 0. The number of ketones is 1. The van der Waals surface area contributed by atoms with Gasteiger partial charge in [-0.1, -0.05) is 6.08 Å². The van der Waals surface area contributed by atoms with Crippen LogP contribution >= 0.6 is 0 Å². The lowest BCUT2D eigenvalue weighted by atomic mass is 10.1. The second-order valence-electron chi connectivity index (χ2n) is 3.00. The molecule has 0 amide bonds. The Morgan fingerprint density at radius 3 is 2.36 bits per heavy atom. The third kappa shape index (κ3) is 4.77. The van der Waals surface area contributed by atoms with Gasteiger partial charge in [-0.3, -0.25) is 9.59 Å². The molecule has 0 bridgehead atoms. The van der Waals surface area contributed by atoms with E-state index in [9.17, 15) is 9.59 Å². The van der Waals surface area contributed by atoms with E-state index in [1.165, 1.54) is 19.9 Å². The van der Waals surface area contributed by atoms with E-state index in [0.29, 0.717) is 0 Å². The maximum atomic E-state index is 11.0. The summed E-state index contributed by atoms with van der Waals surface area (Å²) < 4.78 is 9.99. The maximum absolute atomic E-state index is 11.0. The van der Waals surface area contributed by atoms with E-state index in [1.54, 1.807) is 6.92 Å². The number of rotatable bonds is 6. The van der Waals surface area contributed by atoms with Crippen molar-refractivity contribution in [2.24, 2.45) is 5.92 Å². The summed E-state index contributed by atoms with van der Waals surface area (Å²) in [5.74, 6) is -1.01. The van der Waals surface area contributed by atoms with Crippen molar-refractivity contribution in [3.05, 3.63) is 12.7 Å². The average Bonchev–Trinajstić information content (AvgIpc) is 2.10. The lowest BCUT2D eigenvalue weighted by Gasteiger charge is -2.21. The summed E-state index contributed by atoms with van der Waals surface area (Å²) in [6.45, 7) is 8.07. The third-order valence-electron chi connectivity index (χ3n) is 1.71. The van der Waals surface area contributed by atoms with Crippen molar-refractivity contribution in [2.75, 3.05) is 6.61 Å². The highest BCUT2D eigenvalue weighted by molar-refractivity contribution is 5.78. The van der Waals surface area contributed by atoms with Gasteiger partial charge in [-0.2, -0.15) is 0 Å². The molecule has 0 aromatic heterocycles. The zero-order valence-electron chi connectivity index (χ0n) is 8.78. The second-order valence-corrected chi connectivity index (χ2v) is 3.00. The van der Waals surface area contributed by atoms with Gasteiger partial charge in [-0.15, -0.1) is 6.58 Å². The lowest BCUT2D eigenvalue weighted by molar-refractivity contribution is -0.185. The van der Waals surface area contributed by atoms with Crippen molar-refractivity contribution in [3.8, 4) is 0 Å². The number of ether oxygens (including phenoxy) is 2. The van der Waals surface area contributed by atoms with Crippen LogP contribution in [-0.4, -0.2) is 24.6 Å². The van der Waals surface area contributed by atoms with E-state index in [1.807, 2.05) is 0 Å². The first-order chi connectivity index (χ1) is 6.49. The first kappa shape index (κ1) is 12.8. The van der Waals surface area contributed by atoms with Crippen LogP contribution in [0, 0.1) is 5.92 Å². The predicted octanol–water partition coefficient (Wildman–Crippen LogP) is 1.30. The molecule has 80 valence electrons. The zero-order chi connectivity index (χ0) is 11.1. The molecule has 0 radical (unpaired) electrons. The lowest BCUT2D eigenvalue weighted by Crippen LogP contribution is -2.31. The van der Waals surface area contributed by atoms with Gasteiger partial charge in [0.15, 0.2) is 0 Å². The van der Waals surface area contributed by atoms with Crippen LogP contribution in [0.5, 0.6) is 0 Å². The van der Waals surface area contributed by atoms with E-state index < -0.39 is 18.2 Å². The van der Waals surface area contributed by atoms with Crippen LogP contribution in [0.25, 0.3) is 0 Å². The molecule has 0 fully saturated rings. The summed E-state index contributed by atoms with van der Waals surface area (Å²) in [4.78, 5) is 21.7. The molecule has 4 heteroatoms. The standard InChI is InChI=1S/C10H16O4/c1-5-6-13-10(14-9(4)12)7(2)8(3)11/h5,7,10H,1,6H2,2-4H3. The van der Waals surface area contributed by atoms with E-state index in [-0.39, 0.29) is 12.4 Å². The molecule has 0 aliphatic carbocycles. The number of hydrogen-bond acceptors (Lipinski definition) is 4. The van der Waals surface area contributed by atoms with Crippen molar-refractivity contribution in [2.45, 2.75) is 27.1 Å². The number of carbonyl (C=O) groups excluding carboxylic acids is 2. The largest absolute Gasteiger partial charge is 0.435 e. The highest BCUT2D eigenvalue weighted by Crippen LogP contribution is 2.10. The summed E-state index contributed by atoms with van der Waals surface area (Å²) in [5, 5.41) is 0. The van der Waals surface area contributed by atoms with E-state index in [2.05, 4.69) is 6.58 Å². The quantitative estimate of drug-likeness (QED) is 0.368. The Morgan fingerprint density at radius 1 is 1.43 bits per heavy atom.